The first-order valence-electron chi connectivity index (χ1n) is 30.2. The van der Waals surface area contributed by atoms with Crippen LogP contribution in [0.25, 0.3) is 55.3 Å². The van der Waals surface area contributed by atoms with Crippen molar-refractivity contribution >= 4 is 56.9 Å². The van der Waals surface area contributed by atoms with Crippen molar-refractivity contribution in [3.63, 3.8) is 0 Å². The Hall–Kier alpha value is -7.86. The summed E-state index contributed by atoms with van der Waals surface area (Å²) in [7, 11) is -7.18. The van der Waals surface area contributed by atoms with E-state index in [9.17, 15) is 16.4 Å². The average molecular weight is 935 g/mol. The van der Waals surface area contributed by atoms with Crippen molar-refractivity contribution in [2.75, 3.05) is 0 Å². The van der Waals surface area contributed by atoms with Crippen LogP contribution >= 0.6 is 14.3 Å². The van der Waals surface area contributed by atoms with Crippen LogP contribution in [0.15, 0.2) is 267 Å². The predicted octanol–water partition coefficient (Wildman–Crippen LogP) is 13.8. The lowest BCUT2D eigenvalue weighted by molar-refractivity contribution is 0.591. The van der Waals surface area contributed by atoms with Gasteiger partial charge >= 0.3 is 0 Å². The van der Waals surface area contributed by atoms with Crippen molar-refractivity contribution in [2.24, 2.45) is 0 Å². The molecule has 0 saturated carbocycles. The molecular formula is C65H44O2P2. The topological polar surface area (TPSA) is 34.1 Å². The van der Waals surface area contributed by atoms with E-state index in [1.807, 2.05) is 24.3 Å². The lowest BCUT2D eigenvalue weighted by Crippen LogP contribution is -2.26. The van der Waals surface area contributed by atoms with Gasteiger partial charge in [0.2, 0.25) is 0 Å². The fourth-order valence-corrected chi connectivity index (χ4v) is 15.4. The zero-order valence-corrected chi connectivity index (χ0v) is 38.2. The van der Waals surface area contributed by atoms with Gasteiger partial charge < -0.3 is 9.13 Å². The Morgan fingerprint density at radius 1 is 0.319 bits per heavy atom. The molecule has 11 aromatic rings. The van der Waals surface area contributed by atoms with Gasteiger partial charge in [-0.1, -0.05) is 254 Å². The maximum absolute atomic E-state index is 15.6. The van der Waals surface area contributed by atoms with E-state index < -0.39 is 138 Å². The van der Waals surface area contributed by atoms with Gasteiger partial charge in [-0.25, -0.2) is 0 Å². The molecule has 0 heterocycles. The molecule has 0 aliphatic heterocycles. The van der Waals surface area contributed by atoms with Crippen LogP contribution in [-0.4, -0.2) is 0 Å². The smallest absolute Gasteiger partial charge is 0.171 e. The highest BCUT2D eigenvalue weighted by Crippen LogP contribution is 2.64. The minimum absolute atomic E-state index is 0.157. The van der Waals surface area contributed by atoms with Crippen molar-refractivity contribution in [1.82, 2.24) is 0 Å². The van der Waals surface area contributed by atoms with E-state index in [0.717, 1.165) is 0 Å². The summed E-state index contributed by atoms with van der Waals surface area (Å²) in [6.07, 6.45) is 0. The molecule has 0 atom stereocenters. The molecule has 0 N–H and O–H groups in total. The summed E-state index contributed by atoms with van der Waals surface area (Å²) in [5.74, 6) is 0. The third-order valence-electron chi connectivity index (χ3n) is 13.3. The van der Waals surface area contributed by atoms with E-state index in [-0.39, 0.29) is 55.6 Å². The van der Waals surface area contributed by atoms with Crippen LogP contribution in [0.3, 0.4) is 0 Å². The van der Waals surface area contributed by atoms with Crippen molar-refractivity contribution in [1.29, 1.82) is 0 Å². The van der Waals surface area contributed by atoms with Gasteiger partial charge in [-0.15, -0.1) is 0 Å². The highest BCUT2D eigenvalue weighted by atomic mass is 31.2. The maximum Gasteiger partial charge on any atom is 0.171 e. The molecule has 2 nitrogen and oxygen atoms in total. The second-order valence-corrected chi connectivity index (χ2v) is 22.4. The largest absolute Gasteiger partial charge is 0.309 e. The number of hydrogen-bond donors (Lipinski definition) is 0. The van der Waals surface area contributed by atoms with E-state index in [1.165, 1.54) is 0 Å². The third kappa shape index (κ3) is 6.20. The molecular weight excluding hydrogens is 875 g/mol. The zero-order chi connectivity index (χ0) is 60.1. The fraction of sp³-hybridized carbons (Fsp3) is 0.0154. The van der Waals surface area contributed by atoms with Crippen LogP contribution in [0.2, 0.25) is 0 Å². The van der Waals surface area contributed by atoms with Gasteiger partial charge in [0.05, 0.1) is 27.3 Å². The Bertz CT molecular complexity index is 4520. The van der Waals surface area contributed by atoms with Crippen LogP contribution in [0.1, 0.15) is 44.2 Å². The van der Waals surface area contributed by atoms with E-state index in [0.29, 0.717) is 31.8 Å². The highest BCUT2D eigenvalue weighted by Gasteiger charge is 2.52. The van der Waals surface area contributed by atoms with Gasteiger partial charge in [-0.3, -0.25) is 0 Å². The summed E-state index contributed by atoms with van der Waals surface area (Å²) in [5, 5.41) is 2.07. The summed E-state index contributed by atoms with van der Waals surface area (Å²) in [4.78, 5) is 0. The summed E-state index contributed by atoms with van der Waals surface area (Å²) in [5.41, 5.74) is -5.55. The molecule has 2 aliphatic rings. The second kappa shape index (κ2) is 16.1. The van der Waals surface area contributed by atoms with Crippen LogP contribution in [0, 0.1) is 0 Å². The van der Waals surface area contributed by atoms with Crippen molar-refractivity contribution in [3.05, 3.63) is 289 Å². The number of rotatable bonds is 8. The van der Waals surface area contributed by atoms with Crippen molar-refractivity contribution in [2.45, 2.75) is 5.41 Å². The quantitative estimate of drug-likeness (QED) is 0.142. The summed E-state index contributed by atoms with van der Waals surface area (Å²) < 4.78 is 186. The highest BCUT2D eigenvalue weighted by molar-refractivity contribution is 7.85. The molecule has 326 valence electrons. The molecule has 0 radical (unpaired) electrons. The molecule has 2 aliphatic carbocycles. The predicted molar refractivity (Wildman–Crippen MR) is 290 cm³/mol. The maximum atomic E-state index is 15.6. The monoisotopic (exact) mass is 934 g/mol. The minimum Gasteiger partial charge on any atom is -0.309 e. The number of hydrogen-bond acceptors (Lipinski definition) is 2. The van der Waals surface area contributed by atoms with E-state index in [2.05, 4.69) is 0 Å². The molecule has 0 unspecified atom stereocenters. The van der Waals surface area contributed by atoms with Crippen LogP contribution in [-0.2, 0) is 14.5 Å². The second-order valence-electron chi connectivity index (χ2n) is 16.9. The van der Waals surface area contributed by atoms with Gasteiger partial charge in [-0.05, 0) is 89.6 Å². The average Bonchev–Trinajstić information content (AvgIpc) is 1.48. The summed E-state index contributed by atoms with van der Waals surface area (Å²) in [6.45, 7) is 0. The van der Waals surface area contributed by atoms with Crippen molar-refractivity contribution in [3.8, 4) is 44.5 Å². The normalized spacial score (nSPS) is 16.4. The SMILES string of the molecule is [2H]c1c([2H])c([2H])c2c(c1[2H])-c1c(c([2H])c([2H])c3c([2H])c([2H])c([2H])c([2H])c13)C21c2c([2H])c(-c3ccc(P(=O)(c4ccccc4)c4ccccc4)cc3)c([2H])c([2H])c2-c2c([2H])c([2H])c(-c3ccc(P(=O)(c4ccccc4)c4ccccc4)cc3)c([2H])c21. The van der Waals surface area contributed by atoms with E-state index in [1.54, 1.807) is 146 Å². The Kier molecular flexibility index (Phi) is 6.51. The van der Waals surface area contributed by atoms with Crippen LogP contribution in [0.4, 0.5) is 0 Å². The first-order chi connectivity index (χ1) is 40.7. The molecule has 0 amide bonds. The Balaban J connectivity index is 1.16. The molecule has 0 fully saturated rings. The Morgan fingerprint density at radius 2 is 0.725 bits per heavy atom. The summed E-state index contributed by atoms with van der Waals surface area (Å²) in [6, 6.07) is 37.2. The third-order valence-corrected chi connectivity index (χ3v) is 19.5. The van der Waals surface area contributed by atoms with E-state index in [4.69, 9.17) is 5.48 Å². The first kappa shape index (κ1) is 27.8. The van der Waals surface area contributed by atoms with E-state index >= 15 is 9.13 Å². The number of benzene rings is 11. The summed E-state index contributed by atoms with van der Waals surface area (Å²) >= 11 is 0. The molecule has 0 saturated heterocycles. The zero-order valence-electron chi connectivity index (χ0n) is 52.4. The van der Waals surface area contributed by atoms with Gasteiger partial charge in [0.1, 0.15) is 0 Å². The van der Waals surface area contributed by atoms with Crippen LogP contribution < -0.4 is 31.8 Å². The van der Waals surface area contributed by atoms with Gasteiger partial charge in [0.15, 0.2) is 14.3 Å². The van der Waals surface area contributed by atoms with Gasteiger partial charge in [0.25, 0.3) is 0 Å². The molecule has 69 heavy (non-hydrogen) atoms. The number of fused-ring (bicyclic) bond motifs is 12. The Labute approximate surface area is 425 Å². The molecule has 0 bridgehead atoms. The lowest BCUT2D eigenvalue weighted by atomic mass is 9.69. The fourth-order valence-electron chi connectivity index (χ4n) is 10.1. The first-order valence-corrected chi connectivity index (χ1v) is 25.7. The lowest BCUT2D eigenvalue weighted by Gasteiger charge is -2.31. The Morgan fingerprint density at radius 3 is 1.19 bits per heavy atom. The van der Waals surface area contributed by atoms with Gasteiger partial charge in [0, 0.05) is 31.8 Å². The molecule has 13 rings (SSSR count). The van der Waals surface area contributed by atoms with Gasteiger partial charge in [-0.2, -0.15) is 0 Å². The molecule has 1 spiro atoms. The van der Waals surface area contributed by atoms with Crippen LogP contribution in [0.5, 0.6) is 0 Å². The molecule has 0 aromatic heterocycles. The van der Waals surface area contributed by atoms with Crippen molar-refractivity contribution < 1.29 is 31.1 Å². The minimum atomic E-state index is -3.59. The standard InChI is InChI=1S/C65H44O2P2/c66-68(50-18-5-1-6-19-50,51-20-7-2-8-21-51)54-36-29-45(30-37-54)48-33-40-57-58-41-34-49(46-31-38-55(39-32-46)69(67,52-22-9-3-10-23-52)53-24-11-4-12-25-53)44-63(58)65(62(57)43-48)60-28-16-15-27-59(60)64-56-26-14-13-17-47(56)35-42-61(64)65/h1-44H/i13D,14D,15D,16D,17D,26D,27D,28D,33D,34D,35D,40D,41D,42D,43D,44D. The molecule has 11 aromatic carbocycles. The molecule has 4 heteroatoms.